The van der Waals surface area contributed by atoms with Gasteiger partial charge in [-0.3, -0.25) is 9.59 Å². The fourth-order valence-electron chi connectivity index (χ4n) is 2.42. The van der Waals surface area contributed by atoms with E-state index in [1.54, 1.807) is 12.1 Å². The molecule has 100 valence electrons. The van der Waals surface area contributed by atoms with E-state index < -0.39 is 11.4 Å². The van der Waals surface area contributed by atoms with Crippen molar-refractivity contribution in [3.05, 3.63) is 23.8 Å². The Morgan fingerprint density at radius 2 is 2.21 bits per heavy atom. The number of carboxylic acid groups (broad SMARTS) is 1. The predicted molar refractivity (Wildman–Crippen MR) is 65.3 cm³/mol. The molecule has 3 rings (SSSR count). The van der Waals surface area contributed by atoms with Crippen LogP contribution in [0.4, 0.5) is 5.69 Å². The van der Waals surface area contributed by atoms with Crippen molar-refractivity contribution < 1.29 is 24.2 Å². The summed E-state index contributed by atoms with van der Waals surface area (Å²) in [6, 6.07) is 5.37. The van der Waals surface area contributed by atoms with Crippen molar-refractivity contribution in [3.63, 3.8) is 0 Å². The van der Waals surface area contributed by atoms with E-state index in [0.717, 1.165) is 5.56 Å². The van der Waals surface area contributed by atoms with Crippen molar-refractivity contribution in [1.82, 2.24) is 0 Å². The molecule has 1 aromatic carbocycles. The molecule has 6 nitrogen and oxygen atoms in total. The number of hydrogen-bond donors (Lipinski definition) is 2. The van der Waals surface area contributed by atoms with Crippen molar-refractivity contribution in [2.45, 2.75) is 11.8 Å². The first-order chi connectivity index (χ1) is 9.09. The Labute approximate surface area is 109 Å². The minimum atomic E-state index is -0.860. The molecule has 1 aromatic rings. The number of aliphatic carboxylic acids is 1. The van der Waals surface area contributed by atoms with E-state index in [-0.39, 0.29) is 18.9 Å². The quantitative estimate of drug-likeness (QED) is 0.841. The third-order valence-corrected chi connectivity index (χ3v) is 3.47. The summed E-state index contributed by atoms with van der Waals surface area (Å²) in [6.07, 6.45) is 0.0145. The van der Waals surface area contributed by atoms with Crippen LogP contribution in [0.5, 0.6) is 5.75 Å². The third-order valence-electron chi connectivity index (χ3n) is 3.47. The van der Waals surface area contributed by atoms with Gasteiger partial charge in [-0.05, 0) is 17.7 Å². The van der Waals surface area contributed by atoms with Crippen LogP contribution in [-0.2, 0) is 19.7 Å². The van der Waals surface area contributed by atoms with Crippen LogP contribution in [0.15, 0.2) is 18.2 Å². The normalized spacial score (nSPS) is 19.7. The Morgan fingerprint density at radius 1 is 1.42 bits per heavy atom. The highest BCUT2D eigenvalue weighted by atomic mass is 16.5. The number of hydrogen-bond acceptors (Lipinski definition) is 4. The van der Waals surface area contributed by atoms with Gasteiger partial charge in [-0.15, -0.1) is 0 Å². The zero-order valence-electron chi connectivity index (χ0n) is 10.1. The Kier molecular flexibility index (Phi) is 2.67. The molecule has 0 unspecified atom stereocenters. The standard InChI is InChI=1S/C13H13NO5/c15-11-5-19-10-2-1-8(3-9(10)14-11)13(4-12(16)17)6-18-7-13/h1-3H,4-7H2,(H,14,15)(H,16,17). The molecule has 0 saturated carbocycles. The van der Waals surface area contributed by atoms with Crippen LogP contribution in [0.2, 0.25) is 0 Å². The zero-order valence-corrected chi connectivity index (χ0v) is 10.1. The number of rotatable bonds is 3. The lowest BCUT2D eigenvalue weighted by molar-refractivity contribution is -0.145. The van der Waals surface area contributed by atoms with Crippen LogP contribution < -0.4 is 10.1 Å². The molecule has 0 aliphatic carbocycles. The molecule has 2 N–H and O–H groups in total. The Bertz CT molecular complexity index is 550. The Balaban J connectivity index is 1.94. The number of carbonyl (C=O) groups excluding carboxylic acids is 1. The largest absolute Gasteiger partial charge is 0.482 e. The number of amides is 1. The number of fused-ring (bicyclic) bond motifs is 1. The van der Waals surface area contributed by atoms with Gasteiger partial charge in [0.2, 0.25) is 0 Å². The molecule has 2 aliphatic heterocycles. The van der Waals surface area contributed by atoms with E-state index in [1.165, 1.54) is 0 Å². The Hall–Kier alpha value is -2.08. The molecule has 0 radical (unpaired) electrons. The maximum absolute atomic E-state index is 11.3. The van der Waals surface area contributed by atoms with Crippen LogP contribution in [0, 0.1) is 0 Å². The first-order valence-electron chi connectivity index (χ1n) is 5.96. The highest BCUT2D eigenvalue weighted by molar-refractivity contribution is 5.95. The number of nitrogens with one attached hydrogen (secondary N) is 1. The van der Waals surface area contributed by atoms with Crippen molar-refractivity contribution in [2.75, 3.05) is 25.1 Å². The first-order valence-corrected chi connectivity index (χ1v) is 5.96. The second-order valence-corrected chi connectivity index (χ2v) is 4.89. The zero-order chi connectivity index (χ0) is 13.5. The van der Waals surface area contributed by atoms with Gasteiger partial charge < -0.3 is 19.9 Å². The van der Waals surface area contributed by atoms with Gasteiger partial charge in [-0.1, -0.05) is 6.07 Å². The lowest BCUT2D eigenvalue weighted by Crippen LogP contribution is -2.48. The topological polar surface area (TPSA) is 84.9 Å². The van der Waals surface area contributed by atoms with Gasteiger partial charge in [0, 0.05) is 0 Å². The maximum atomic E-state index is 11.3. The van der Waals surface area contributed by atoms with E-state index in [4.69, 9.17) is 14.6 Å². The summed E-state index contributed by atoms with van der Waals surface area (Å²) in [4.78, 5) is 22.3. The summed E-state index contributed by atoms with van der Waals surface area (Å²) >= 11 is 0. The third kappa shape index (κ3) is 2.04. The monoisotopic (exact) mass is 263 g/mol. The van der Waals surface area contributed by atoms with Gasteiger partial charge in [-0.25, -0.2) is 0 Å². The molecule has 0 spiro atoms. The fraction of sp³-hybridized carbons (Fsp3) is 0.385. The molecule has 0 bridgehead atoms. The Morgan fingerprint density at radius 3 is 2.84 bits per heavy atom. The van der Waals surface area contributed by atoms with Crippen molar-refractivity contribution >= 4 is 17.6 Å². The minimum Gasteiger partial charge on any atom is -0.482 e. The number of ether oxygens (including phenoxy) is 2. The molecule has 19 heavy (non-hydrogen) atoms. The van der Waals surface area contributed by atoms with Crippen LogP contribution in [0.3, 0.4) is 0 Å². The summed E-state index contributed by atoms with van der Waals surface area (Å²) in [5.41, 5.74) is 0.944. The van der Waals surface area contributed by atoms with Crippen LogP contribution >= 0.6 is 0 Å². The smallest absolute Gasteiger partial charge is 0.304 e. The minimum absolute atomic E-state index is 0.00965. The number of carbonyl (C=O) groups is 2. The lowest BCUT2D eigenvalue weighted by Gasteiger charge is -2.41. The lowest BCUT2D eigenvalue weighted by atomic mass is 9.75. The van der Waals surface area contributed by atoms with E-state index in [0.29, 0.717) is 24.7 Å². The van der Waals surface area contributed by atoms with E-state index in [2.05, 4.69) is 5.32 Å². The fourth-order valence-corrected chi connectivity index (χ4v) is 2.42. The number of carboxylic acids is 1. The average molecular weight is 263 g/mol. The van der Waals surface area contributed by atoms with E-state index in [9.17, 15) is 9.59 Å². The van der Waals surface area contributed by atoms with Gasteiger partial charge >= 0.3 is 5.97 Å². The van der Waals surface area contributed by atoms with Gasteiger partial charge in [0.1, 0.15) is 5.75 Å². The first kappa shape index (κ1) is 12.0. The molecular formula is C13H13NO5. The molecule has 0 atom stereocenters. The summed E-state index contributed by atoms with van der Waals surface area (Å²) < 4.78 is 10.5. The SMILES string of the molecule is O=C(O)CC1(c2ccc3c(c2)NC(=O)CO3)COC1. The number of benzene rings is 1. The van der Waals surface area contributed by atoms with Gasteiger partial charge in [0.15, 0.2) is 6.61 Å². The molecule has 1 saturated heterocycles. The van der Waals surface area contributed by atoms with Crippen molar-refractivity contribution in [1.29, 1.82) is 0 Å². The molecule has 2 heterocycles. The van der Waals surface area contributed by atoms with Crippen LogP contribution in [0.25, 0.3) is 0 Å². The summed E-state index contributed by atoms with van der Waals surface area (Å²) in [5.74, 6) is -0.461. The molecular weight excluding hydrogens is 250 g/mol. The summed E-state index contributed by atoms with van der Waals surface area (Å²) in [5, 5.41) is 11.7. The molecule has 6 heteroatoms. The van der Waals surface area contributed by atoms with Crippen LogP contribution in [0.1, 0.15) is 12.0 Å². The maximum Gasteiger partial charge on any atom is 0.304 e. The highest BCUT2D eigenvalue weighted by Gasteiger charge is 2.42. The second-order valence-electron chi connectivity index (χ2n) is 4.89. The molecule has 1 amide bonds. The summed E-state index contributed by atoms with van der Waals surface area (Å²) in [6.45, 7) is 0.773. The molecule has 0 aromatic heterocycles. The molecule has 2 aliphatic rings. The van der Waals surface area contributed by atoms with Crippen molar-refractivity contribution in [3.8, 4) is 5.75 Å². The van der Waals surface area contributed by atoms with Gasteiger partial charge in [0.25, 0.3) is 5.91 Å². The van der Waals surface area contributed by atoms with E-state index in [1.807, 2.05) is 6.07 Å². The summed E-state index contributed by atoms with van der Waals surface area (Å²) in [7, 11) is 0. The second kappa shape index (κ2) is 4.24. The number of anilines is 1. The van der Waals surface area contributed by atoms with Gasteiger partial charge in [-0.2, -0.15) is 0 Å². The highest BCUT2D eigenvalue weighted by Crippen LogP contribution is 2.39. The van der Waals surface area contributed by atoms with Crippen LogP contribution in [-0.4, -0.2) is 36.8 Å². The van der Waals surface area contributed by atoms with Gasteiger partial charge in [0.05, 0.1) is 30.7 Å². The van der Waals surface area contributed by atoms with E-state index >= 15 is 0 Å². The predicted octanol–water partition coefficient (Wildman–Crippen LogP) is 0.760. The van der Waals surface area contributed by atoms with Crippen molar-refractivity contribution in [2.24, 2.45) is 0 Å². The molecule has 1 fully saturated rings. The average Bonchev–Trinajstić information content (AvgIpc) is 2.32.